The maximum atomic E-state index is 11.6. The van der Waals surface area contributed by atoms with Crippen LogP contribution in [0.25, 0.3) is 6.08 Å². The second kappa shape index (κ2) is 8.36. The van der Waals surface area contributed by atoms with Crippen molar-refractivity contribution in [1.82, 2.24) is 10.6 Å². The molecular weight excluding hydrogens is 274 g/mol. The van der Waals surface area contributed by atoms with Gasteiger partial charge in [0.2, 0.25) is 5.91 Å². The number of carboxylic acid groups (broad SMARTS) is 1. The monoisotopic (exact) mass is 291 g/mol. The molecule has 0 fully saturated rings. The highest BCUT2D eigenvalue weighted by Crippen LogP contribution is 2.11. The van der Waals surface area contributed by atoms with Crippen molar-refractivity contribution in [2.75, 3.05) is 18.4 Å². The molecule has 21 heavy (non-hydrogen) atoms. The van der Waals surface area contributed by atoms with Crippen LogP contribution < -0.4 is 16.0 Å². The van der Waals surface area contributed by atoms with Crippen molar-refractivity contribution in [3.05, 3.63) is 35.9 Å². The Kier molecular flexibility index (Phi) is 6.46. The number of urea groups is 1. The summed E-state index contributed by atoms with van der Waals surface area (Å²) in [7, 11) is 0. The summed E-state index contributed by atoms with van der Waals surface area (Å²) < 4.78 is 0. The molecule has 0 spiro atoms. The lowest BCUT2D eigenvalue weighted by Crippen LogP contribution is -2.38. The number of amides is 3. The van der Waals surface area contributed by atoms with Crippen LogP contribution in [-0.4, -0.2) is 36.1 Å². The number of carboxylic acids is 1. The van der Waals surface area contributed by atoms with Crippen LogP contribution in [0.5, 0.6) is 0 Å². The molecular formula is C14H17N3O4. The lowest BCUT2D eigenvalue weighted by atomic mass is 10.2. The normalized spacial score (nSPS) is 10.1. The average Bonchev–Trinajstić information content (AvgIpc) is 2.44. The molecule has 0 saturated carbocycles. The van der Waals surface area contributed by atoms with Gasteiger partial charge in [0.25, 0.3) is 0 Å². The fraction of sp³-hybridized carbons (Fsp3) is 0.214. The summed E-state index contributed by atoms with van der Waals surface area (Å²) in [6.07, 6.45) is 2.42. The number of likely N-dealkylation sites (N-methyl/N-ethyl adjacent to an activating group) is 1. The molecule has 0 atom stereocenters. The summed E-state index contributed by atoms with van der Waals surface area (Å²) >= 11 is 0. The van der Waals surface area contributed by atoms with Gasteiger partial charge in [-0.25, -0.2) is 9.59 Å². The van der Waals surface area contributed by atoms with Crippen molar-refractivity contribution in [2.24, 2.45) is 0 Å². The molecule has 0 aliphatic rings. The Morgan fingerprint density at radius 2 is 2.00 bits per heavy atom. The van der Waals surface area contributed by atoms with E-state index in [0.717, 1.165) is 6.08 Å². The minimum absolute atomic E-state index is 0.113. The molecule has 0 radical (unpaired) electrons. The minimum Gasteiger partial charge on any atom is -0.478 e. The fourth-order valence-corrected chi connectivity index (χ4v) is 1.48. The predicted molar refractivity (Wildman–Crippen MR) is 78.8 cm³/mol. The third-order valence-corrected chi connectivity index (χ3v) is 2.35. The number of benzene rings is 1. The summed E-state index contributed by atoms with van der Waals surface area (Å²) in [6.45, 7) is 2.17. The van der Waals surface area contributed by atoms with Gasteiger partial charge in [0.05, 0.1) is 6.54 Å². The molecule has 1 rings (SSSR count). The summed E-state index contributed by atoms with van der Waals surface area (Å²) in [5.41, 5.74) is 1.13. The van der Waals surface area contributed by atoms with Crippen LogP contribution in [0.4, 0.5) is 10.5 Å². The van der Waals surface area contributed by atoms with E-state index in [-0.39, 0.29) is 12.5 Å². The van der Waals surface area contributed by atoms with Crippen molar-refractivity contribution >= 4 is 29.7 Å². The Bertz CT molecular complexity index is 555. The number of nitrogens with one attached hydrogen (secondary N) is 3. The zero-order chi connectivity index (χ0) is 15.7. The maximum Gasteiger partial charge on any atom is 0.328 e. The quantitative estimate of drug-likeness (QED) is 0.587. The highest BCUT2D eigenvalue weighted by atomic mass is 16.4. The molecule has 0 aliphatic carbocycles. The molecule has 0 heterocycles. The highest BCUT2D eigenvalue weighted by Gasteiger charge is 2.04. The van der Waals surface area contributed by atoms with Crippen molar-refractivity contribution in [3.8, 4) is 0 Å². The van der Waals surface area contributed by atoms with E-state index in [4.69, 9.17) is 5.11 Å². The molecule has 4 N–H and O–H groups in total. The standard InChI is InChI=1S/C14H17N3O4/c1-2-15-12(18)9-16-14(21)17-11-5-3-4-10(8-11)6-7-13(19)20/h3-8H,2,9H2,1H3,(H,15,18)(H,19,20)(H2,16,17,21)/b7-6+. The third-order valence-electron chi connectivity index (χ3n) is 2.35. The Balaban J connectivity index is 2.54. The van der Waals surface area contributed by atoms with Gasteiger partial charge in [0.1, 0.15) is 0 Å². The minimum atomic E-state index is -1.05. The van der Waals surface area contributed by atoms with Crippen LogP contribution in [0, 0.1) is 0 Å². The first kappa shape index (κ1) is 16.2. The number of aliphatic carboxylic acids is 1. The first-order valence-electron chi connectivity index (χ1n) is 6.34. The Morgan fingerprint density at radius 1 is 1.24 bits per heavy atom. The molecule has 1 aromatic carbocycles. The number of hydrogen-bond donors (Lipinski definition) is 4. The van der Waals surface area contributed by atoms with Crippen molar-refractivity contribution in [2.45, 2.75) is 6.92 Å². The summed E-state index contributed by atoms with van der Waals surface area (Å²) in [6, 6.07) is 6.15. The van der Waals surface area contributed by atoms with E-state index < -0.39 is 12.0 Å². The molecule has 0 saturated heterocycles. The topological polar surface area (TPSA) is 108 Å². The van der Waals surface area contributed by atoms with E-state index in [0.29, 0.717) is 17.8 Å². The largest absolute Gasteiger partial charge is 0.478 e. The number of hydrogen-bond acceptors (Lipinski definition) is 3. The maximum absolute atomic E-state index is 11.6. The molecule has 112 valence electrons. The molecule has 1 aromatic rings. The van der Waals surface area contributed by atoms with Gasteiger partial charge in [0.15, 0.2) is 0 Å². The Morgan fingerprint density at radius 3 is 2.67 bits per heavy atom. The van der Waals surface area contributed by atoms with Crippen LogP contribution in [0.15, 0.2) is 30.3 Å². The third kappa shape index (κ3) is 6.76. The molecule has 0 aromatic heterocycles. The number of anilines is 1. The first-order chi connectivity index (χ1) is 10.0. The van der Waals surface area contributed by atoms with Gasteiger partial charge >= 0.3 is 12.0 Å². The fourth-order valence-electron chi connectivity index (χ4n) is 1.48. The second-order valence-corrected chi connectivity index (χ2v) is 4.06. The molecule has 0 bridgehead atoms. The molecule has 7 heteroatoms. The Hall–Kier alpha value is -2.83. The van der Waals surface area contributed by atoms with Crippen molar-refractivity contribution < 1.29 is 19.5 Å². The van der Waals surface area contributed by atoms with Gasteiger partial charge < -0.3 is 21.1 Å². The second-order valence-electron chi connectivity index (χ2n) is 4.06. The van der Waals surface area contributed by atoms with Gasteiger partial charge in [0, 0.05) is 18.3 Å². The number of carbonyl (C=O) groups is 3. The number of carbonyl (C=O) groups excluding carboxylic acids is 2. The van der Waals surface area contributed by atoms with Crippen LogP contribution in [0.1, 0.15) is 12.5 Å². The summed E-state index contributed by atoms with van der Waals surface area (Å²) in [4.78, 5) is 33.2. The van der Waals surface area contributed by atoms with Gasteiger partial charge in [-0.1, -0.05) is 12.1 Å². The SMILES string of the molecule is CCNC(=O)CNC(=O)Nc1cccc(/C=C/C(=O)O)c1. The van der Waals surface area contributed by atoms with Gasteiger partial charge in [-0.05, 0) is 30.7 Å². The van der Waals surface area contributed by atoms with E-state index in [1.165, 1.54) is 6.08 Å². The lowest BCUT2D eigenvalue weighted by molar-refractivity contribution is -0.131. The molecule has 0 aliphatic heterocycles. The van der Waals surface area contributed by atoms with E-state index in [9.17, 15) is 14.4 Å². The summed E-state index contributed by atoms with van der Waals surface area (Å²) in [5.74, 6) is -1.32. The van der Waals surface area contributed by atoms with Crippen LogP contribution >= 0.6 is 0 Å². The van der Waals surface area contributed by atoms with Gasteiger partial charge in [-0.3, -0.25) is 4.79 Å². The molecule has 3 amide bonds. The summed E-state index contributed by atoms with van der Waals surface area (Å²) in [5, 5.41) is 16.1. The van der Waals surface area contributed by atoms with Crippen molar-refractivity contribution in [3.63, 3.8) is 0 Å². The highest BCUT2D eigenvalue weighted by molar-refractivity contribution is 5.92. The molecule has 7 nitrogen and oxygen atoms in total. The van der Waals surface area contributed by atoms with Gasteiger partial charge in [-0.2, -0.15) is 0 Å². The van der Waals surface area contributed by atoms with Crippen LogP contribution in [0.2, 0.25) is 0 Å². The van der Waals surface area contributed by atoms with Crippen LogP contribution in [-0.2, 0) is 9.59 Å². The first-order valence-corrected chi connectivity index (χ1v) is 6.34. The number of rotatable bonds is 6. The smallest absolute Gasteiger partial charge is 0.328 e. The van der Waals surface area contributed by atoms with Crippen molar-refractivity contribution in [1.29, 1.82) is 0 Å². The lowest BCUT2D eigenvalue weighted by Gasteiger charge is -2.08. The van der Waals surface area contributed by atoms with E-state index >= 15 is 0 Å². The van der Waals surface area contributed by atoms with E-state index in [2.05, 4.69) is 16.0 Å². The zero-order valence-corrected chi connectivity index (χ0v) is 11.6. The zero-order valence-electron chi connectivity index (χ0n) is 11.6. The Labute approximate surface area is 122 Å². The molecule has 0 unspecified atom stereocenters. The van der Waals surface area contributed by atoms with E-state index in [1.54, 1.807) is 31.2 Å². The van der Waals surface area contributed by atoms with Gasteiger partial charge in [-0.15, -0.1) is 0 Å². The van der Waals surface area contributed by atoms with E-state index in [1.807, 2.05) is 0 Å². The predicted octanol–water partition coefficient (Wildman–Crippen LogP) is 1.04. The average molecular weight is 291 g/mol. The van der Waals surface area contributed by atoms with Crippen LogP contribution in [0.3, 0.4) is 0 Å².